The maximum Gasteiger partial charge on any atom is 0.402 e. The first-order valence-corrected chi connectivity index (χ1v) is 19.2. The van der Waals surface area contributed by atoms with Gasteiger partial charge in [-0.1, -0.05) is 12.1 Å². The van der Waals surface area contributed by atoms with Crippen LogP contribution >= 0.6 is 0 Å². The number of ether oxygens (including phenoxy) is 5. The fourth-order valence-electron chi connectivity index (χ4n) is 7.99. The number of phenolic OH excluding ortho intramolecular Hbond substituents is 6. The smallest absolute Gasteiger partial charge is 0.402 e. The largest absolute Gasteiger partial charge is 0.508 e. The van der Waals surface area contributed by atoms with Gasteiger partial charge in [0, 0.05) is 24.3 Å². The zero-order chi connectivity index (χ0) is 45.4. The second-order valence-electron chi connectivity index (χ2n) is 15.5. The SMILES string of the molecule is C[C@@H]1O[C@@H](OC[C@H]2O[C@@H](Oc3cc4c(O)cc(O)c(C5(O)c6c(O)cc(O)cc6OC(c6ccc(O)cc6)C5(O)O)c4[o+]c3-c3ccc(O)cc3)[C@H](O)[C@@H](O)[C@@H]2O)[C@H](O)[C@H](O)[C@H]1O. The average Bonchev–Trinajstić information content (AvgIpc) is 3.23. The summed E-state index contributed by atoms with van der Waals surface area (Å²) < 4.78 is 35.0. The molecule has 0 spiro atoms. The second kappa shape index (κ2) is 16.1. The molecule has 63 heavy (non-hydrogen) atoms. The highest BCUT2D eigenvalue weighted by atomic mass is 16.7. The molecule has 2 saturated heterocycles. The van der Waals surface area contributed by atoms with Crippen LogP contribution in [0.4, 0.5) is 0 Å². The van der Waals surface area contributed by atoms with E-state index in [0.717, 1.165) is 18.2 Å². The van der Waals surface area contributed by atoms with Gasteiger partial charge in [0.25, 0.3) is 0 Å². The van der Waals surface area contributed by atoms with Crippen molar-refractivity contribution in [1.29, 1.82) is 0 Å². The Bertz CT molecular complexity index is 2500. The van der Waals surface area contributed by atoms with Crippen molar-refractivity contribution in [1.82, 2.24) is 0 Å². The minimum atomic E-state index is -3.60. The van der Waals surface area contributed by atoms with E-state index in [2.05, 4.69) is 0 Å². The molecular formula is C42H43O21+. The van der Waals surface area contributed by atoms with Gasteiger partial charge in [0.15, 0.2) is 18.0 Å². The predicted molar refractivity (Wildman–Crippen MR) is 208 cm³/mol. The van der Waals surface area contributed by atoms with Crippen LogP contribution in [0.1, 0.15) is 29.7 Å². The maximum atomic E-state index is 12.9. The average molecular weight is 884 g/mol. The van der Waals surface area contributed by atoms with Gasteiger partial charge in [-0.2, -0.15) is 0 Å². The van der Waals surface area contributed by atoms with Crippen LogP contribution in [0.3, 0.4) is 0 Å². The first-order chi connectivity index (χ1) is 29.7. The van der Waals surface area contributed by atoms with E-state index in [9.17, 15) is 76.6 Å². The van der Waals surface area contributed by atoms with E-state index in [1.165, 1.54) is 55.5 Å². The molecule has 4 heterocycles. The van der Waals surface area contributed by atoms with E-state index >= 15 is 0 Å². The molecule has 4 aromatic carbocycles. The summed E-state index contributed by atoms with van der Waals surface area (Å²) in [5.41, 5.74) is -5.81. The Morgan fingerprint density at radius 3 is 1.89 bits per heavy atom. The normalized spacial score (nSPS) is 31.6. The molecule has 8 rings (SSSR count). The van der Waals surface area contributed by atoms with E-state index in [1.54, 1.807) is 0 Å². The van der Waals surface area contributed by atoms with Gasteiger partial charge >= 0.3 is 11.3 Å². The molecule has 0 saturated carbocycles. The van der Waals surface area contributed by atoms with Crippen LogP contribution in [-0.2, 0) is 19.8 Å². The number of aliphatic hydroxyl groups is 9. The molecule has 12 atom stereocenters. The molecular weight excluding hydrogens is 840 g/mol. The zero-order valence-electron chi connectivity index (χ0n) is 32.6. The quantitative estimate of drug-likeness (QED) is 0.0702. The van der Waals surface area contributed by atoms with Crippen LogP contribution in [0.2, 0.25) is 0 Å². The summed E-state index contributed by atoms with van der Waals surface area (Å²) in [5, 5.41) is 165. The molecule has 0 bridgehead atoms. The Kier molecular flexibility index (Phi) is 11.2. The Balaban J connectivity index is 1.26. The summed E-state index contributed by atoms with van der Waals surface area (Å²) in [6.07, 6.45) is -18.7. The number of benzene rings is 4. The molecule has 0 aliphatic carbocycles. The van der Waals surface area contributed by atoms with Gasteiger partial charge in [-0.25, -0.2) is 4.42 Å². The Labute approximate surface area is 354 Å². The number of fused-ring (bicyclic) bond motifs is 2. The topological polar surface area (TPSA) is 361 Å². The van der Waals surface area contributed by atoms with Crippen molar-refractivity contribution in [3.05, 3.63) is 89.5 Å². The number of hydrogen-bond donors (Lipinski definition) is 15. The summed E-state index contributed by atoms with van der Waals surface area (Å²) in [6, 6.07) is 13.3. The van der Waals surface area contributed by atoms with Gasteiger partial charge in [0.2, 0.25) is 17.8 Å². The van der Waals surface area contributed by atoms with Crippen molar-refractivity contribution in [3.8, 4) is 57.3 Å². The summed E-state index contributed by atoms with van der Waals surface area (Å²) in [4.78, 5) is 0. The zero-order valence-corrected chi connectivity index (χ0v) is 32.6. The van der Waals surface area contributed by atoms with Gasteiger partial charge in [0.05, 0.1) is 23.8 Å². The van der Waals surface area contributed by atoms with Crippen LogP contribution in [0.15, 0.2) is 77.2 Å². The van der Waals surface area contributed by atoms with Crippen LogP contribution in [0.25, 0.3) is 22.3 Å². The summed E-state index contributed by atoms with van der Waals surface area (Å²) in [6.45, 7) is 0.757. The number of phenols is 6. The molecule has 15 N–H and O–H groups in total. The minimum absolute atomic E-state index is 0.0518. The fourth-order valence-corrected chi connectivity index (χ4v) is 7.99. The van der Waals surface area contributed by atoms with Gasteiger partial charge in [0.1, 0.15) is 93.9 Å². The molecule has 0 amide bonds. The van der Waals surface area contributed by atoms with E-state index < -0.39 is 142 Å². The number of rotatable bonds is 8. The summed E-state index contributed by atoms with van der Waals surface area (Å²) in [7, 11) is 0. The molecule has 2 fully saturated rings. The lowest BCUT2D eigenvalue weighted by molar-refractivity contribution is -0.318. The molecule has 3 aliphatic heterocycles. The molecule has 1 aromatic heterocycles. The molecule has 5 aromatic rings. The van der Waals surface area contributed by atoms with E-state index in [4.69, 9.17) is 28.1 Å². The van der Waals surface area contributed by atoms with Crippen LogP contribution in [0, 0.1) is 0 Å². The third-order valence-electron chi connectivity index (χ3n) is 11.4. The first kappa shape index (κ1) is 43.8. The molecule has 336 valence electrons. The Hall–Kier alpha value is -5.79. The lowest BCUT2D eigenvalue weighted by Crippen LogP contribution is -2.61. The van der Waals surface area contributed by atoms with Crippen molar-refractivity contribution in [3.63, 3.8) is 0 Å². The van der Waals surface area contributed by atoms with Crippen molar-refractivity contribution in [2.24, 2.45) is 0 Å². The Morgan fingerprint density at radius 2 is 1.22 bits per heavy atom. The predicted octanol–water partition coefficient (Wildman–Crippen LogP) is -0.305. The fraction of sp³-hybridized carbons (Fsp3) is 0.357. The van der Waals surface area contributed by atoms with Crippen molar-refractivity contribution < 1.29 is 105 Å². The standard InChI is InChI=1S/C42H42O21/c1-15-30(49)32(51)34(53)39(59-15)58-14-27-31(50)33(52)35(54)40(62-27)61-26-12-21-22(46)13-24(48)29(37(21)63-36(26)16-2-6-18(43)7-3-16)41(55)28-23(47)10-20(45)11-25(28)60-38(42(41,56)57)17-4-8-19(44)9-5-17/h2-13,15,27,30-35,38-40,49-57H,14H2,1H3,(H5-,43,44,45,46,47,48)/p+1/t15-,27+,30-,31+,32+,33-,34+,35+,38?,39+,40+,41?/m0/s1. The van der Waals surface area contributed by atoms with E-state index in [1.807, 2.05) is 0 Å². The second-order valence-corrected chi connectivity index (χ2v) is 15.5. The number of aliphatic hydroxyl groups excluding tert-OH is 6. The molecule has 2 unspecified atom stereocenters. The maximum absolute atomic E-state index is 12.9. The summed E-state index contributed by atoms with van der Waals surface area (Å²) in [5.74, 6) is -8.73. The highest BCUT2D eigenvalue weighted by Gasteiger charge is 2.66. The van der Waals surface area contributed by atoms with Gasteiger partial charge in [-0.15, -0.1) is 0 Å². The molecule has 0 radical (unpaired) electrons. The third kappa shape index (κ3) is 7.32. The number of aromatic hydroxyl groups is 6. The van der Waals surface area contributed by atoms with Crippen molar-refractivity contribution >= 4 is 11.0 Å². The lowest BCUT2D eigenvalue weighted by Gasteiger charge is -2.47. The van der Waals surface area contributed by atoms with Gasteiger partial charge in [-0.3, -0.25) is 0 Å². The minimum Gasteiger partial charge on any atom is -0.508 e. The molecule has 3 aliphatic rings. The third-order valence-corrected chi connectivity index (χ3v) is 11.4. The molecule has 21 nitrogen and oxygen atoms in total. The highest BCUT2D eigenvalue weighted by Crippen LogP contribution is 2.60. The van der Waals surface area contributed by atoms with Gasteiger partial charge in [-0.05, 0) is 48.9 Å². The van der Waals surface area contributed by atoms with Gasteiger partial charge < -0.3 is 100 Å². The lowest BCUT2D eigenvalue weighted by atomic mass is 9.72. The first-order valence-electron chi connectivity index (χ1n) is 19.2. The molecule has 21 heteroatoms. The van der Waals surface area contributed by atoms with Crippen LogP contribution < -0.4 is 9.47 Å². The van der Waals surface area contributed by atoms with Crippen molar-refractivity contribution in [2.45, 2.75) is 85.8 Å². The Morgan fingerprint density at radius 1 is 0.619 bits per heavy atom. The van der Waals surface area contributed by atoms with Crippen LogP contribution in [-0.4, -0.2) is 150 Å². The van der Waals surface area contributed by atoms with Crippen molar-refractivity contribution in [2.75, 3.05) is 6.61 Å². The van der Waals surface area contributed by atoms with E-state index in [0.29, 0.717) is 6.07 Å². The summed E-state index contributed by atoms with van der Waals surface area (Å²) >= 11 is 0. The monoisotopic (exact) mass is 883 g/mol. The van der Waals surface area contributed by atoms with E-state index in [-0.39, 0.29) is 28.4 Å². The highest BCUT2D eigenvalue weighted by molar-refractivity contribution is 5.93. The van der Waals surface area contributed by atoms with Crippen LogP contribution in [0.5, 0.6) is 46.0 Å². The number of hydrogen-bond acceptors (Lipinski definition) is 20.